The van der Waals surface area contributed by atoms with E-state index in [2.05, 4.69) is 14.1 Å². The molecule has 0 saturated carbocycles. The number of benzene rings is 1. The van der Waals surface area contributed by atoms with Gasteiger partial charge in [-0.05, 0) is 12.1 Å². The number of hydrogen-bond acceptors (Lipinski definition) is 3. The van der Waals surface area contributed by atoms with Crippen LogP contribution < -0.4 is 17.3 Å². The van der Waals surface area contributed by atoms with E-state index >= 15 is 0 Å². The van der Waals surface area contributed by atoms with E-state index in [4.69, 9.17) is 9.15 Å². The Balaban J connectivity index is 0.00000180. The Morgan fingerprint density at radius 2 is 2.05 bits per heavy atom. The minimum absolute atomic E-state index is 0. The van der Waals surface area contributed by atoms with E-state index in [0.29, 0.717) is 12.2 Å². The summed E-state index contributed by atoms with van der Waals surface area (Å²) in [4.78, 5) is 13.1. The summed E-state index contributed by atoms with van der Waals surface area (Å²) in [5.41, 5.74) is 0.710. The molecule has 0 atom stereocenters. The minimum atomic E-state index is -0.389. The number of quaternary nitrogens is 1. The number of nitrogens with one attached hydrogen (secondary N) is 1. The molecule has 5 heteroatoms. The van der Waals surface area contributed by atoms with Crippen molar-refractivity contribution in [3.05, 3.63) is 36.1 Å². The fourth-order valence-electron chi connectivity index (χ4n) is 1.74. The maximum absolute atomic E-state index is 11.7. The summed E-state index contributed by atoms with van der Waals surface area (Å²) >= 11 is 0. The first-order valence-electron chi connectivity index (χ1n) is 6.11. The maximum Gasteiger partial charge on any atom is 0.374 e. The average Bonchev–Trinajstić information content (AvgIpc) is 2.78. The Labute approximate surface area is 118 Å². The molecule has 0 bridgehead atoms. The highest BCUT2D eigenvalue weighted by molar-refractivity contribution is 5.92. The lowest BCUT2D eigenvalue weighted by molar-refractivity contribution is -0.858. The van der Waals surface area contributed by atoms with E-state index in [1.165, 1.54) is 4.90 Å². The van der Waals surface area contributed by atoms with Gasteiger partial charge in [-0.1, -0.05) is 18.2 Å². The van der Waals surface area contributed by atoms with Crippen LogP contribution in [-0.4, -0.2) is 33.2 Å². The third-order valence-electron chi connectivity index (χ3n) is 2.68. The quantitative estimate of drug-likeness (QED) is 0.516. The molecule has 104 valence electrons. The predicted molar refractivity (Wildman–Crippen MR) is 68.8 cm³/mol. The summed E-state index contributed by atoms with van der Waals surface area (Å²) in [6.45, 7) is 1.41. The number of fused-ring (bicyclic) bond motifs is 1. The van der Waals surface area contributed by atoms with Crippen LogP contribution in [0, 0.1) is 0 Å². The van der Waals surface area contributed by atoms with Crippen LogP contribution in [-0.2, 0) is 4.74 Å². The number of rotatable bonds is 5. The second-order valence-electron chi connectivity index (χ2n) is 4.60. The van der Waals surface area contributed by atoms with Gasteiger partial charge in [0.1, 0.15) is 5.58 Å². The molecule has 0 aliphatic heterocycles. The molecule has 0 spiro atoms. The Bertz CT molecular complexity index is 503. The Morgan fingerprint density at radius 1 is 1.32 bits per heavy atom. The van der Waals surface area contributed by atoms with Gasteiger partial charge in [0.15, 0.2) is 0 Å². The van der Waals surface area contributed by atoms with Crippen molar-refractivity contribution in [2.24, 2.45) is 0 Å². The number of esters is 1. The van der Waals surface area contributed by atoms with Crippen molar-refractivity contribution in [3.8, 4) is 0 Å². The lowest BCUT2D eigenvalue weighted by atomic mass is 10.2. The molecule has 2 aromatic rings. The molecule has 0 aliphatic carbocycles. The number of para-hydroxylation sites is 1. The van der Waals surface area contributed by atoms with Crippen LogP contribution in [0.2, 0.25) is 0 Å². The highest BCUT2D eigenvalue weighted by Gasteiger charge is 2.13. The summed E-state index contributed by atoms with van der Waals surface area (Å²) in [5, 5.41) is 0.919. The van der Waals surface area contributed by atoms with Gasteiger partial charge in [0.25, 0.3) is 0 Å². The van der Waals surface area contributed by atoms with Gasteiger partial charge >= 0.3 is 5.97 Å². The first-order chi connectivity index (χ1) is 8.66. The van der Waals surface area contributed by atoms with Gasteiger partial charge in [0.2, 0.25) is 5.76 Å². The molecule has 0 fully saturated rings. The van der Waals surface area contributed by atoms with E-state index < -0.39 is 0 Å². The number of carbonyl (C=O) groups excluding carboxylic acids is 1. The van der Waals surface area contributed by atoms with Crippen molar-refractivity contribution < 1.29 is 31.3 Å². The van der Waals surface area contributed by atoms with Gasteiger partial charge in [0, 0.05) is 11.8 Å². The number of hydrogen-bond donors (Lipinski definition) is 1. The number of ether oxygens (including phenoxy) is 1. The largest absolute Gasteiger partial charge is 1.00 e. The van der Waals surface area contributed by atoms with Gasteiger partial charge in [-0.25, -0.2) is 4.79 Å². The monoisotopic (exact) mass is 283 g/mol. The van der Waals surface area contributed by atoms with E-state index in [1.54, 1.807) is 6.07 Å². The molecule has 1 aromatic carbocycles. The van der Waals surface area contributed by atoms with E-state index in [9.17, 15) is 4.79 Å². The zero-order chi connectivity index (χ0) is 13.0. The molecule has 1 aromatic heterocycles. The predicted octanol–water partition coefficient (Wildman–Crippen LogP) is -1.87. The van der Waals surface area contributed by atoms with Crippen molar-refractivity contribution >= 4 is 16.9 Å². The van der Waals surface area contributed by atoms with Crippen LogP contribution in [0.4, 0.5) is 0 Å². The summed E-state index contributed by atoms with van der Waals surface area (Å²) < 4.78 is 10.6. The smallest absolute Gasteiger partial charge is 0.374 e. The SMILES string of the molecule is C[NH+](C)CCCOC(=O)c1cc2ccccc2o1.[Cl-]. The lowest BCUT2D eigenvalue weighted by Crippen LogP contribution is -3.05. The second kappa shape index (κ2) is 7.16. The maximum atomic E-state index is 11.7. The zero-order valence-corrected chi connectivity index (χ0v) is 11.9. The molecule has 1 heterocycles. The van der Waals surface area contributed by atoms with Crippen LogP contribution in [0.5, 0.6) is 0 Å². The van der Waals surface area contributed by atoms with Crippen LogP contribution in [0.1, 0.15) is 17.0 Å². The van der Waals surface area contributed by atoms with Gasteiger partial charge < -0.3 is 26.5 Å². The van der Waals surface area contributed by atoms with Crippen molar-refractivity contribution in [3.63, 3.8) is 0 Å². The van der Waals surface area contributed by atoms with Gasteiger partial charge in [-0.3, -0.25) is 0 Å². The van der Waals surface area contributed by atoms with Crippen LogP contribution in [0.3, 0.4) is 0 Å². The van der Waals surface area contributed by atoms with E-state index in [1.807, 2.05) is 24.3 Å². The van der Waals surface area contributed by atoms with Crippen molar-refractivity contribution in [1.29, 1.82) is 0 Å². The van der Waals surface area contributed by atoms with Crippen molar-refractivity contribution in [2.45, 2.75) is 6.42 Å². The molecule has 0 amide bonds. The lowest BCUT2D eigenvalue weighted by Gasteiger charge is -2.06. The first-order valence-corrected chi connectivity index (χ1v) is 6.11. The molecule has 0 radical (unpaired) electrons. The number of halogens is 1. The zero-order valence-electron chi connectivity index (χ0n) is 11.1. The average molecular weight is 284 g/mol. The molecule has 0 aliphatic rings. The summed E-state index contributed by atoms with van der Waals surface area (Å²) in [5.74, 6) is -0.117. The minimum Gasteiger partial charge on any atom is -1.00 e. The van der Waals surface area contributed by atoms with Gasteiger partial charge in [-0.2, -0.15) is 0 Å². The van der Waals surface area contributed by atoms with Gasteiger partial charge in [0.05, 0.1) is 27.2 Å². The normalized spacial score (nSPS) is 10.5. The molecule has 0 saturated heterocycles. The molecule has 2 rings (SSSR count). The van der Waals surface area contributed by atoms with Crippen LogP contribution in [0.25, 0.3) is 11.0 Å². The Morgan fingerprint density at radius 3 is 2.74 bits per heavy atom. The number of carbonyl (C=O) groups is 1. The molecule has 4 nitrogen and oxygen atoms in total. The number of furan rings is 1. The van der Waals surface area contributed by atoms with Crippen molar-refractivity contribution in [2.75, 3.05) is 27.2 Å². The fraction of sp³-hybridized carbons (Fsp3) is 0.357. The van der Waals surface area contributed by atoms with Gasteiger partial charge in [-0.15, -0.1) is 0 Å². The molecular weight excluding hydrogens is 266 g/mol. The first kappa shape index (κ1) is 15.5. The molecular formula is C14H18ClNO3. The molecule has 1 N–H and O–H groups in total. The molecule has 0 unspecified atom stereocenters. The molecule has 19 heavy (non-hydrogen) atoms. The third kappa shape index (κ3) is 4.26. The van der Waals surface area contributed by atoms with Crippen LogP contribution in [0.15, 0.2) is 34.7 Å². The summed E-state index contributed by atoms with van der Waals surface area (Å²) in [6, 6.07) is 9.25. The summed E-state index contributed by atoms with van der Waals surface area (Å²) in [6.07, 6.45) is 0.855. The second-order valence-corrected chi connectivity index (χ2v) is 4.60. The van der Waals surface area contributed by atoms with E-state index in [0.717, 1.165) is 18.4 Å². The Hall–Kier alpha value is -1.52. The van der Waals surface area contributed by atoms with Crippen LogP contribution >= 0.6 is 0 Å². The third-order valence-corrected chi connectivity index (χ3v) is 2.68. The Kier molecular flexibility index (Phi) is 5.86. The topological polar surface area (TPSA) is 43.9 Å². The van der Waals surface area contributed by atoms with E-state index in [-0.39, 0.29) is 24.1 Å². The summed E-state index contributed by atoms with van der Waals surface area (Å²) in [7, 11) is 4.14. The standard InChI is InChI=1S/C14H17NO3.ClH/c1-15(2)8-5-9-17-14(16)13-10-11-6-3-4-7-12(11)18-13;/h3-4,6-7,10H,5,8-9H2,1-2H3;1H. The highest BCUT2D eigenvalue weighted by Crippen LogP contribution is 2.19. The highest BCUT2D eigenvalue weighted by atomic mass is 35.5. The fourth-order valence-corrected chi connectivity index (χ4v) is 1.74. The van der Waals surface area contributed by atoms with Crippen molar-refractivity contribution in [1.82, 2.24) is 0 Å².